The van der Waals surface area contributed by atoms with Gasteiger partial charge in [-0.2, -0.15) is 0 Å². The molecule has 5 rings (SSSR count). The number of piperazine rings is 1. The van der Waals surface area contributed by atoms with Crippen molar-refractivity contribution in [2.75, 3.05) is 23.7 Å². The maximum atomic E-state index is 11.6. The monoisotopic (exact) mass is 654 g/mol. The number of hydrogen-bond acceptors (Lipinski definition) is 6. The molecular weight excluding hydrogens is 631 g/mol. The van der Waals surface area contributed by atoms with Crippen molar-refractivity contribution in [2.45, 2.75) is 43.6 Å². The van der Waals surface area contributed by atoms with E-state index in [-0.39, 0.29) is 18.2 Å². The number of likely N-dealkylation sites (tertiary alicyclic amines) is 1. The minimum absolute atomic E-state index is 0.00172. The first kappa shape index (κ1) is 23.9. The molecule has 3 atom stereocenters. The van der Waals surface area contributed by atoms with Gasteiger partial charge in [-0.05, 0) is 69.2 Å². The highest BCUT2D eigenvalue weighted by Gasteiger charge is 2.46. The van der Waals surface area contributed by atoms with Crippen molar-refractivity contribution in [2.24, 2.45) is 0 Å². The molecule has 178 valence electrons. The molecule has 34 heavy (non-hydrogen) atoms. The molecule has 1 amide bonds. The number of aromatic nitrogens is 2. The Morgan fingerprint density at radius 2 is 2.06 bits per heavy atom. The Morgan fingerprint density at radius 1 is 1.29 bits per heavy atom. The molecule has 2 aliphatic heterocycles. The second-order valence-electron chi connectivity index (χ2n) is 8.46. The topological polar surface area (TPSA) is 78.8 Å². The fraction of sp³-hybridized carbons (Fsp3) is 0.375. The van der Waals surface area contributed by atoms with E-state index in [9.17, 15) is 9.90 Å². The minimum atomic E-state index is -0.842. The summed E-state index contributed by atoms with van der Waals surface area (Å²) in [5.74, 6) is 2.42. The number of anilines is 1. The summed E-state index contributed by atoms with van der Waals surface area (Å²) < 4.78 is 8.42. The number of ether oxygens (including phenoxy) is 1. The van der Waals surface area contributed by atoms with Crippen LogP contribution in [0.3, 0.4) is 0 Å². The van der Waals surface area contributed by atoms with Crippen molar-refractivity contribution in [3.63, 3.8) is 0 Å². The Bertz CT molecular complexity index is 1250. The zero-order valence-electron chi connectivity index (χ0n) is 18.7. The molecule has 0 radical (unpaired) electrons. The maximum absolute atomic E-state index is 11.6. The number of halogens is 2. The van der Waals surface area contributed by atoms with Crippen LogP contribution in [-0.2, 0) is 0 Å². The van der Waals surface area contributed by atoms with Crippen LogP contribution in [0.25, 0.3) is 10.9 Å². The van der Waals surface area contributed by atoms with Gasteiger partial charge in [0.25, 0.3) is 0 Å². The lowest BCUT2D eigenvalue weighted by Crippen LogP contribution is -2.48. The summed E-state index contributed by atoms with van der Waals surface area (Å²) in [6.45, 7) is 5.27. The fourth-order valence-corrected chi connectivity index (χ4v) is 6.31. The summed E-state index contributed by atoms with van der Waals surface area (Å²) >= 11 is 7.65. The summed E-state index contributed by atoms with van der Waals surface area (Å²) in [6.07, 6.45) is -0.173. The molecule has 0 unspecified atom stereocenters. The molecule has 0 spiro atoms. The number of nitrogens with zero attached hydrogens (tertiary/aromatic N) is 4. The zero-order valence-corrected chi connectivity index (χ0v) is 23.3. The highest BCUT2D eigenvalue weighted by molar-refractivity contribution is 14.1. The van der Waals surface area contributed by atoms with Gasteiger partial charge in [-0.3, -0.25) is 0 Å². The van der Waals surface area contributed by atoms with Crippen molar-refractivity contribution in [3.8, 4) is 5.75 Å². The van der Waals surface area contributed by atoms with E-state index in [1.165, 1.54) is 0 Å². The molecule has 7 nitrogen and oxygen atoms in total. The molecule has 0 aliphatic carbocycles. The molecule has 3 aromatic rings. The second kappa shape index (κ2) is 9.69. The predicted octanol–water partition coefficient (Wildman–Crippen LogP) is 6.19. The van der Waals surface area contributed by atoms with Gasteiger partial charge < -0.3 is 19.6 Å². The van der Waals surface area contributed by atoms with Gasteiger partial charge in [0.05, 0.1) is 16.6 Å². The summed E-state index contributed by atoms with van der Waals surface area (Å²) in [6, 6.07) is 12.3. The largest absolute Gasteiger partial charge is 0.483 e. The first-order valence-corrected chi connectivity index (χ1v) is 14.0. The number of rotatable bonds is 6. The normalized spacial score (nSPS) is 20.2. The molecule has 2 fully saturated rings. The Kier molecular flexibility index (Phi) is 6.82. The lowest BCUT2D eigenvalue weighted by molar-refractivity contribution is 0.137. The Labute approximate surface area is 224 Å². The standard InChI is InChI=1S/C24H24BrIN4O3S/c1-3-34-23-27-20-17(22(28-23)29-11-16-9-15(29)12-30(16)24(31)32)10-18(26)19(25)21(20)33-13(2)14-7-5-4-6-8-14/h4-8,10,13,15-16H,3,9,11-12H2,1-2H3,(H,31,32)/t13-,15-,16-/m0/s1. The lowest BCUT2D eigenvalue weighted by Gasteiger charge is -2.34. The molecule has 1 N–H and O–H groups in total. The first-order valence-electron chi connectivity index (χ1n) is 11.2. The van der Waals surface area contributed by atoms with Crippen LogP contribution in [0.2, 0.25) is 0 Å². The van der Waals surface area contributed by atoms with Gasteiger partial charge in [-0.15, -0.1) is 0 Å². The van der Waals surface area contributed by atoms with Crippen LogP contribution in [-0.4, -0.2) is 57.0 Å². The van der Waals surface area contributed by atoms with E-state index in [0.717, 1.165) is 42.5 Å². The number of carboxylic acid groups (broad SMARTS) is 1. The number of thioether (sulfide) groups is 1. The van der Waals surface area contributed by atoms with Crippen molar-refractivity contribution in [1.29, 1.82) is 0 Å². The smallest absolute Gasteiger partial charge is 0.407 e. The molecule has 2 aromatic carbocycles. The molecule has 2 saturated heterocycles. The molecule has 0 saturated carbocycles. The van der Waals surface area contributed by atoms with Crippen LogP contribution in [0.5, 0.6) is 5.75 Å². The highest BCUT2D eigenvalue weighted by atomic mass is 127. The van der Waals surface area contributed by atoms with Gasteiger partial charge in [0.2, 0.25) is 0 Å². The number of fused-ring (bicyclic) bond motifs is 3. The van der Waals surface area contributed by atoms with Gasteiger partial charge in [0.15, 0.2) is 10.9 Å². The third-order valence-electron chi connectivity index (χ3n) is 6.40. The van der Waals surface area contributed by atoms with E-state index >= 15 is 0 Å². The van der Waals surface area contributed by atoms with Crippen LogP contribution >= 0.6 is 50.3 Å². The van der Waals surface area contributed by atoms with Gasteiger partial charge in [0, 0.05) is 22.0 Å². The molecule has 10 heteroatoms. The van der Waals surface area contributed by atoms with Crippen molar-refractivity contribution in [3.05, 3.63) is 50.0 Å². The van der Waals surface area contributed by atoms with E-state index < -0.39 is 6.09 Å². The summed E-state index contributed by atoms with van der Waals surface area (Å²) in [4.78, 5) is 25.3. The predicted molar refractivity (Wildman–Crippen MR) is 146 cm³/mol. The van der Waals surface area contributed by atoms with Crippen LogP contribution < -0.4 is 9.64 Å². The van der Waals surface area contributed by atoms with E-state index in [0.29, 0.717) is 24.0 Å². The molecule has 3 heterocycles. The third-order valence-corrected chi connectivity index (χ3v) is 9.50. The highest BCUT2D eigenvalue weighted by Crippen LogP contribution is 2.44. The summed E-state index contributed by atoms with van der Waals surface area (Å²) in [7, 11) is 0. The molecular formula is C24H24BrIN4O3S. The number of hydrogen-bond donors (Lipinski definition) is 1. The van der Waals surface area contributed by atoms with Gasteiger partial charge in [-0.25, -0.2) is 14.8 Å². The van der Waals surface area contributed by atoms with Crippen LogP contribution in [0.15, 0.2) is 46.0 Å². The Hall–Kier alpha value is -1.79. The van der Waals surface area contributed by atoms with Crippen LogP contribution in [0, 0.1) is 3.57 Å². The van der Waals surface area contributed by atoms with Crippen LogP contribution in [0.1, 0.15) is 31.9 Å². The van der Waals surface area contributed by atoms with Crippen molar-refractivity contribution < 1.29 is 14.6 Å². The fourth-order valence-electron chi connectivity index (χ4n) is 4.80. The zero-order chi connectivity index (χ0) is 24.0. The van der Waals surface area contributed by atoms with Crippen molar-refractivity contribution >= 4 is 73.1 Å². The number of carbonyl (C=O) groups is 1. The van der Waals surface area contributed by atoms with E-state index in [2.05, 4.69) is 68.5 Å². The average Bonchev–Trinajstić information content (AvgIpc) is 3.44. The maximum Gasteiger partial charge on any atom is 0.407 e. The number of benzene rings is 2. The quantitative estimate of drug-likeness (QED) is 0.193. The molecule has 1 aromatic heterocycles. The van der Waals surface area contributed by atoms with Gasteiger partial charge in [-0.1, -0.05) is 49.0 Å². The first-order chi connectivity index (χ1) is 16.4. The van der Waals surface area contributed by atoms with E-state index in [1.807, 2.05) is 25.1 Å². The average molecular weight is 655 g/mol. The number of amides is 1. The minimum Gasteiger partial charge on any atom is -0.483 e. The third kappa shape index (κ3) is 4.32. The van der Waals surface area contributed by atoms with E-state index in [1.54, 1.807) is 16.7 Å². The lowest BCUT2D eigenvalue weighted by atomic mass is 10.1. The van der Waals surface area contributed by atoms with Crippen LogP contribution in [0.4, 0.5) is 10.6 Å². The summed E-state index contributed by atoms with van der Waals surface area (Å²) in [5, 5.41) is 11.1. The van der Waals surface area contributed by atoms with Gasteiger partial charge >= 0.3 is 6.09 Å². The molecule has 2 aliphatic rings. The Morgan fingerprint density at radius 3 is 2.71 bits per heavy atom. The van der Waals surface area contributed by atoms with Gasteiger partial charge in [0.1, 0.15) is 17.4 Å². The summed E-state index contributed by atoms with van der Waals surface area (Å²) in [5.41, 5.74) is 1.86. The van der Waals surface area contributed by atoms with E-state index in [4.69, 9.17) is 14.7 Å². The molecule has 2 bridgehead atoms. The SMILES string of the molecule is CCSc1nc(N2C[C@@H]3C[C@H]2CN3C(=O)O)c2cc(I)c(Br)c(O[C@@H](C)c3ccccc3)c2n1. The second-order valence-corrected chi connectivity index (χ2v) is 11.6. The van der Waals surface area contributed by atoms with Crippen molar-refractivity contribution in [1.82, 2.24) is 14.9 Å². The Balaban J connectivity index is 1.61.